The quantitative estimate of drug-likeness (QED) is 0.883. The number of carbonyl (C=O) groups is 1. The van der Waals surface area contributed by atoms with Crippen molar-refractivity contribution in [2.75, 3.05) is 13.2 Å². The maximum atomic E-state index is 12.4. The Morgan fingerprint density at radius 3 is 2.33 bits per heavy atom. The van der Waals surface area contributed by atoms with E-state index in [0.717, 1.165) is 11.3 Å². The minimum absolute atomic E-state index is 0.0495. The molecule has 2 N–H and O–H groups in total. The number of nitrogens with two attached hydrogens (primary N) is 1. The van der Waals surface area contributed by atoms with E-state index in [2.05, 4.69) is 12.1 Å². The van der Waals surface area contributed by atoms with Gasteiger partial charge in [0.15, 0.2) is 0 Å². The van der Waals surface area contributed by atoms with Crippen LogP contribution >= 0.6 is 0 Å². The van der Waals surface area contributed by atoms with E-state index in [1.165, 1.54) is 5.56 Å². The van der Waals surface area contributed by atoms with E-state index in [1.54, 1.807) is 4.90 Å². The lowest BCUT2D eigenvalue weighted by Crippen LogP contribution is -2.42. The number of carbonyl (C=O) groups excluding carboxylic acids is 1. The molecule has 5 nitrogen and oxygen atoms in total. The van der Waals surface area contributed by atoms with Crippen molar-refractivity contribution in [3.63, 3.8) is 0 Å². The van der Waals surface area contributed by atoms with Crippen molar-refractivity contribution in [1.29, 1.82) is 0 Å². The summed E-state index contributed by atoms with van der Waals surface area (Å²) in [6.07, 6.45) is 0.380. The highest BCUT2D eigenvalue weighted by molar-refractivity contribution is 5.69. The molecule has 0 aromatic heterocycles. The zero-order valence-electron chi connectivity index (χ0n) is 16.2. The fourth-order valence-electron chi connectivity index (χ4n) is 3.22. The average molecular weight is 368 g/mol. The molecule has 1 heterocycles. The molecule has 1 saturated heterocycles. The Morgan fingerprint density at radius 2 is 1.70 bits per heavy atom. The first kappa shape index (κ1) is 19.2. The molecule has 144 valence electrons. The Balaban J connectivity index is 1.60. The van der Waals surface area contributed by atoms with Crippen LogP contribution in [0.2, 0.25) is 0 Å². The molecule has 1 fully saturated rings. The molecule has 3 rings (SSSR count). The number of rotatable bonds is 4. The van der Waals surface area contributed by atoms with E-state index in [-0.39, 0.29) is 18.2 Å². The number of ether oxygens (including phenoxy) is 2. The molecule has 0 aliphatic carbocycles. The molecular formula is C22H28N2O3. The smallest absolute Gasteiger partial charge is 0.410 e. The van der Waals surface area contributed by atoms with Crippen LogP contribution in [-0.4, -0.2) is 41.8 Å². The summed E-state index contributed by atoms with van der Waals surface area (Å²) in [6, 6.07) is 18.1. The van der Waals surface area contributed by atoms with Crippen LogP contribution in [-0.2, 0) is 4.74 Å². The Bertz CT molecular complexity index is 753. The van der Waals surface area contributed by atoms with Crippen LogP contribution in [0.15, 0.2) is 54.6 Å². The summed E-state index contributed by atoms with van der Waals surface area (Å²) < 4.78 is 11.4. The van der Waals surface area contributed by atoms with Gasteiger partial charge in [-0.25, -0.2) is 4.79 Å². The molecule has 0 bridgehead atoms. The van der Waals surface area contributed by atoms with Crippen LogP contribution in [0.25, 0.3) is 11.1 Å². The summed E-state index contributed by atoms with van der Waals surface area (Å²) in [5.74, 6) is 0.777. The van der Waals surface area contributed by atoms with E-state index in [1.807, 2.05) is 63.2 Å². The molecule has 0 spiro atoms. The molecule has 0 unspecified atom stereocenters. The molecule has 0 radical (unpaired) electrons. The first-order valence-corrected chi connectivity index (χ1v) is 9.35. The first-order valence-electron chi connectivity index (χ1n) is 9.35. The second-order valence-corrected chi connectivity index (χ2v) is 7.98. The summed E-state index contributed by atoms with van der Waals surface area (Å²) in [6.45, 7) is 6.48. The van der Waals surface area contributed by atoms with Gasteiger partial charge in [-0.05, 0) is 50.5 Å². The van der Waals surface area contributed by atoms with Crippen molar-refractivity contribution in [2.24, 2.45) is 5.73 Å². The highest BCUT2D eigenvalue weighted by atomic mass is 16.6. The number of amides is 1. The lowest BCUT2D eigenvalue weighted by molar-refractivity contribution is 0.0186. The molecule has 5 heteroatoms. The van der Waals surface area contributed by atoms with E-state index in [4.69, 9.17) is 15.2 Å². The van der Waals surface area contributed by atoms with Crippen molar-refractivity contribution >= 4 is 6.09 Å². The highest BCUT2D eigenvalue weighted by Crippen LogP contribution is 2.24. The Kier molecular flexibility index (Phi) is 5.71. The van der Waals surface area contributed by atoms with Crippen LogP contribution < -0.4 is 10.5 Å². The van der Waals surface area contributed by atoms with E-state index < -0.39 is 5.60 Å². The van der Waals surface area contributed by atoms with Gasteiger partial charge < -0.3 is 20.1 Å². The molecule has 1 aliphatic rings. The van der Waals surface area contributed by atoms with Gasteiger partial charge in [-0.3, -0.25) is 0 Å². The topological polar surface area (TPSA) is 64.8 Å². The van der Waals surface area contributed by atoms with Gasteiger partial charge in [0.05, 0.1) is 6.04 Å². The number of nitrogens with zero attached hydrogens (tertiary/aromatic N) is 1. The molecule has 2 aromatic rings. The minimum Gasteiger partial charge on any atom is -0.491 e. The first-order chi connectivity index (χ1) is 12.8. The standard InChI is InChI=1S/C22H28N2O3/c1-22(2,3)27-21(25)24-14-18(23)13-19(24)15-26-20-11-9-17(10-12-20)16-7-5-4-6-8-16/h4-12,18-19H,13-15,23H2,1-3H3/t18-,19-/m0/s1. The zero-order valence-corrected chi connectivity index (χ0v) is 16.2. The third-order valence-electron chi connectivity index (χ3n) is 4.48. The van der Waals surface area contributed by atoms with E-state index in [0.29, 0.717) is 19.6 Å². The van der Waals surface area contributed by atoms with Crippen LogP contribution in [0.5, 0.6) is 5.75 Å². The van der Waals surface area contributed by atoms with E-state index in [9.17, 15) is 4.79 Å². The second-order valence-electron chi connectivity index (χ2n) is 7.98. The zero-order chi connectivity index (χ0) is 19.4. The normalized spacial score (nSPS) is 19.8. The minimum atomic E-state index is -0.525. The average Bonchev–Trinajstić information content (AvgIpc) is 3.01. The lowest BCUT2D eigenvalue weighted by Gasteiger charge is -2.28. The lowest BCUT2D eigenvalue weighted by atomic mass is 10.1. The summed E-state index contributed by atoms with van der Waals surface area (Å²) in [5, 5.41) is 0. The molecule has 2 atom stereocenters. The second kappa shape index (κ2) is 8.01. The predicted molar refractivity (Wildman–Crippen MR) is 107 cm³/mol. The number of likely N-dealkylation sites (tertiary alicyclic amines) is 1. The molecule has 2 aromatic carbocycles. The summed E-state index contributed by atoms with van der Waals surface area (Å²) in [4.78, 5) is 14.1. The maximum absolute atomic E-state index is 12.4. The van der Waals surface area contributed by atoms with Gasteiger partial charge in [0.25, 0.3) is 0 Å². The Labute approximate surface area is 161 Å². The fourth-order valence-corrected chi connectivity index (χ4v) is 3.22. The number of hydrogen-bond donors (Lipinski definition) is 1. The summed E-state index contributed by atoms with van der Waals surface area (Å²) >= 11 is 0. The predicted octanol–water partition coefficient (Wildman–Crippen LogP) is 4.07. The van der Waals surface area contributed by atoms with Crippen LogP contribution in [0.4, 0.5) is 4.79 Å². The molecule has 0 saturated carbocycles. The van der Waals surface area contributed by atoms with Crippen LogP contribution in [0.1, 0.15) is 27.2 Å². The monoisotopic (exact) mass is 368 g/mol. The molecule has 1 aliphatic heterocycles. The van der Waals surface area contributed by atoms with Gasteiger partial charge in [0, 0.05) is 12.6 Å². The summed E-state index contributed by atoms with van der Waals surface area (Å²) in [7, 11) is 0. The van der Waals surface area contributed by atoms with Gasteiger partial charge in [0.2, 0.25) is 0 Å². The van der Waals surface area contributed by atoms with Crippen molar-refractivity contribution < 1.29 is 14.3 Å². The van der Waals surface area contributed by atoms with Gasteiger partial charge in [-0.15, -0.1) is 0 Å². The van der Waals surface area contributed by atoms with Gasteiger partial charge in [-0.2, -0.15) is 0 Å². The largest absolute Gasteiger partial charge is 0.491 e. The van der Waals surface area contributed by atoms with Crippen LogP contribution in [0.3, 0.4) is 0 Å². The molecular weight excluding hydrogens is 340 g/mol. The van der Waals surface area contributed by atoms with Crippen molar-refractivity contribution in [3.05, 3.63) is 54.6 Å². The van der Waals surface area contributed by atoms with Crippen molar-refractivity contribution in [3.8, 4) is 16.9 Å². The van der Waals surface area contributed by atoms with Crippen molar-refractivity contribution in [1.82, 2.24) is 4.90 Å². The SMILES string of the molecule is CC(C)(C)OC(=O)N1C[C@@H](N)C[C@H]1COc1ccc(-c2ccccc2)cc1. The van der Waals surface area contributed by atoms with Gasteiger partial charge in [-0.1, -0.05) is 42.5 Å². The van der Waals surface area contributed by atoms with E-state index >= 15 is 0 Å². The number of benzene rings is 2. The number of hydrogen-bond acceptors (Lipinski definition) is 4. The highest BCUT2D eigenvalue weighted by Gasteiger charge is 2.36. The third-order valence-corrected chi connectivity index (χ3v) is 4.48. The fraction of sp³-hybridized carbons (Fsp3) is 0.409. The third kappa shape index (κ3) is 5.23. The van der Waals surface area contributed by atoms with Crippen LogP contribution in [0, 0.1) is 0 Å². The van der Waals surface area contributed by atoms with Gasteiger partial charge in [0.1, 0.15) is 18.0 Å². The maximum Gasteiger partial charge on any atom is 0.410 e. The summed E-state index contributed by atoms with van der Waals surface area (Å²) in [5.41, 5.74) is 7.85. The molecule has 27 heavy (non-hydrogen) atoms. The van der Waals surface area contributed by atoms with Gasteiger partial charge >= 0.3 is 6.09 Å². The Morgan fingerprint density at radius 1 is 1.07 bits per heavy atom. The Hall–Kier alpha value is -2.53. The molecule has 1 amide bonds. The van der Waals surface area contributed by atoms with Crippen molar-refractivity contribution in [2.45, 2.75) is 44.9 Å².